The smallest absolute Gasteiger partial charge is 0.351 e. The summed E-state index contributed by atoms with van der Waals surface area (Å²) in [7, 11) is 0. The van der Waals surface area contributed by atoms with Gasteiger partial charge in [0.25, 0.3) is 0 Å². The second-order valence-corrected chi connectivity index (χ2v) is 7.84. The molecule has 2 atom stereocenters. The maximum absolute atomic E-state index is 13.1. The Kier molecular flexibility index (Phi) is 4.56. The van der Waals surface area contributed by atoms with Crippen LogP contribution in [0.15, 0.2) is 18.3 Å². The van der Waals surface area contributed by atoms with Gasteiger partial charge in [-0.15, -0.1) is 0 Å². The average Bonchev–Trinajstić information content (AvgIpc) is 3.28. The molecule has 1 aromatic rings. The van der Waals surface area contributed by atoms with Crippen LogP contribution in [0.3, 0.4) is 0 Å². The van der Waals surface area contributed by atoms with Crippen LogP contribution in [0.25, 0.3) is 0 Å². The second kappa shape index (κ2) is 6.27. The Labute approximate surface area is 145 Å². The Morgan fingerprint density at radius 3 is 2.88 bits per heavy atom. The predicted molar refractivity (Wildman–Crippen MR) is 87.8 cm³/mol. The Morgan fingerprint density at radius 1 is 1.44 bits per heavy atom. The van der Waals surface area contributed by atoms with Crippen LogP contribution in [0.1, 0.15) is 44.4 Å². The molecule has 0 bridgehead atoms. The summed E-state index contributed by atoms with van der Waals surface area (Å²) in [4.78, 5) is 16.6. The quantitative estimate of drug-likeness (QED) is 0.854. The SMILES string of the molecule is CC(C)(CCc1ncccc1C(F)(F)F)NC(=O)C12CCNC[C@H]1C2. The largest absolute Gasteiger partial charge is 0.418 e. The van der Waals surface area contributed by atoms with E-state index in [0.29, 0.717) is 12.3 Å². The van der Waals surface area contributed by atoms with Gasteiger partial charge in [-0.25, -0.2) is 0 Å². The van der Waals surface area contributed by atoms with Crippen LogP contribution in [0.2, 0.25) is 0 Å². The average molecular weight is 355 g/mol. The van der Waals surface area contributed by atoms with E-state index in [2.05, 4.69) is 15.6 Å². The van der Waals surface area contributed by atoms with E-state index in [4.69, 9.17) is 0 Å². The number of carbonyl (C=O) groups is 1. The van der Waals surface area contributed by atoms with E-state index < -0.39 is 17.3 Å². The maximum Gasteiger partial charge on any atom is 0.418 e. The number of hydrogen-bond donors (Lipinski definition) is 2. The number of hydrogen-bond acceptors (Lipinski definition) is 3. The van der Waals surface area contributed by atoms with Crippen molar-refractivity contribution in [1.82, 2.24) is 15.6 Å². The van der Waals surface area contributed by atoms with Gasteiger partial charge in [0.2, 0.25) is 5.91 Å². The monoisotopic (exact) mass is 355 g/mol. The first kappa shape index (κ1) is 18.2. The fraction of sp³-hybridized carbons (Fsp3) is 0.667. The third-order valence-corrected chi connectivity index (χ3v) is 5.46. The summed E-state index contributed by atoms with van der Waals surface area (Å²) in [6, 6.07) is 2.35. The molecule has 4 nitrogen and oxygen atoms in total. The number of aryl methyl sites for hydroxylation is 1. The minimum Gasteiger partial charge on any atom is -0.351 e. The summed E-state index contributed by atoms with van der Waals surface area (Å²) in [5.41, 5.74) is -1.51. The van der Waals surface area contributed by atoms with Crippen molar-refractivity contribution in [3.63, 3.8) is 0 Å². The predicted octanol–water partition coefficient (Wildman–Crippen LogP) is 2.93. The minimum absolute atomic E-state index is 0.0293. The van der Waals surface area contributed by atoms with Gasteiger partial charge in [0.15, 0.2) is 0 Å². The Balaban J connectivity index is 1.62. The van der Waals surface area contributed by atoms with Crippen molar-refractivity contribution in [2.24, 2.45) is 11.3 Å². The first-order valence-corrected chi connectivity index (χ1v) is 8.68. The summed E-state index contributed by atoms with van der Waals surface area (Å²) < 4.78 is 39.2. The fourth-order valence-electron chi connectivity index (χ4n) is 3.75. The summed E-state index contributed by atoms with van der Waals surface area (Å²) in [6.45, 7) is 5.43. The third kappa shape index (κ3) is 3.81. The summed E-state index contributed by atoms with van der Waals surface area (Å²) in [5.74, 6) is 0.436. The zero-order valence-corrected chi connectivity index (χ0v) is 14.5. The van der Waals surface area contributed by atoms with Crippen molar-refractivity contribution in [2.45, 2.75) is 51.2 Å². The molecule has 7 heteroatoms. The molecule has 25 heavy (non-hydrogen) atoms. The van der Waals surface area contributed by atoms with Gasteiger partial charge in [0.1, 0.15) is 0 Å². The van der Waals surface area contributed by atoms with Gasteiger partial charge < -0.3 is 10.6 Å². The van der Waals surface area contributed by atoms with Gasteiger partial charge in [-0.05, 0) is 70.7 Å². The highest BCUT2D eigenvalue weighted by Gasteiger charge is 2.60. The lowest BCUT2D eigenvalue weighted by molar-refractivity contribution is -0.138. The molecule has 0 radical (unpaired) electrons. The number of pyridine rings is 1. The second-order valence-electron chi connectivity index (χ2n) is 7.84. The van der Waals surface area contributed by atoms with Crippen LogP contribution in [-0.2, 0) is 17.4 Å². The van der Waals surface area contributed by atoms with Gasteiger partial charge in [-0.1, -0.05) is 0 Å². The van der Waals surface area contributed by atoms with Crippen LogP contribution in [-0.4, -0.2) is 29.5 Å². The lowest BCUT2D eigenvalue weighted by Crippen LogP contribution is -2.49. The van der Waals surface area contributed by atoms with Crippen LogP contribution in [0.5, 0.6) is 0 Å². The normalized spacial score (nSPS) is 26.0. The molecule has 1 unspecified atom stereocenters. The first-order valence-electron chi connectivity index (χ1n) is 8.68. The molecular weight excluding hydrogens is 331 g/mol. The fourth-order valence-corrected chi connectivity index (χ4v) is 3.75. The van der Waals surface area contributed by atoms with Crippen molar-refractivity contribution in [1.29, 1.82) is 0 Å². The molecule has 0 aromatic carbocycles. The van der Waals surface area contributed by atoms with Gasteiger partial charge >= 0.3 is 6.18 Å². The van der Waals surface area contributed by atoms with Crippen molar-refractivity contribution in [3.05, 3.63) is 29.6 Å². The molecule has 2 N–H and O–H groups in total. The van der Waals surface area contributed by atoms with E-state index in [-0.39, 0.29) is 23.4 Å². The lowest BCUT2D eigenvalue weighted by atomic mass is 9.91. The highest BCUT2D eigenvalue weighted by atomic mass is 19.4. The molecule has 0 spiro atoms. The summed E-state index contributed by atoms with van der Waals surface area (Å²) in [6.07, 6.45) is -0.734. The number of halogens is 3. The van der Waals surface area contributed by atoms with E-state index in [9.17, 15) is 18.0 Å². The van der Waals surface area contributed by atoms with E-state index >= 15 is 0 Å². The van der Waals surface area contributed by atoms with E-state index in [0.717, 1.165) is 32.0 Å². The number of nitrogens with one attached hydrogen (secondary N) is 2. The molecule has 2 fully saturated rings. The zero-order chi connectivity index (χ0) is 18.3. The molecule has 138 valence electrons. The molecule has 1 saturated carbocycles. The number of aromatic nitrogens is 1. The number of amides is 1. The van der Waals surface area contributed by atoms with E-state index in [1.807, 2.05) is 13.8 Å². The topological polar surface area (TPSA) is 54.0 Å². The minimum atomic E-state index is -4.41. The zero-order valence-electron chi connectivity index (χ0n) is 14.5. The van der Waals surface area contributed by atoms with Crippen molar-refractivity contribution in [3.8, 4) is 0 Å². The van der Waals surface area contributed by atoms with Crippen LogP contribution in [0, 0.1) is 11.3 Å². The third-order valence-electron chi connectivity index (χ3n) is 5.46. The van der Waals surface area contributed by atoms with Crippen molar-refractivity contribution < 1.29 is 18.0 Å². The molecule has 1 saturated heterocycles. The number of alkyl halides is 3. The Bertz CT molecular complexity index is 659. The van der Waals surface area contributed by atoms with E-state index in [1.165, 1.54) is 12.3 Å². The first-order chi connectivity index (χ1) is 11.6. The van der Waals surface area contributed by atoms with Crippen LogP contribution >= 0.6 is 0 Å². The highest BCUT2D eigenvalue weighted by Crippen LogP contribution is 2.56. The standard InChI is InChI=1S/C18H24F3N3O/c1-16(2,24-15(25)17-7-9-22-11-12(17)10-17)6-5-14-13(18(19,20)21)4-3-8-23-14/h3-4,8,12,22H,5-7,9-11H2,1-2H3,(H,24,25)/t12-,17?/m1/s1. The molecular formula is C18H24F3N3O. The lowest BCUT2D eigenvalue weighted by Gasteiger charge is -2.31. The number of nitrogens with zero attached hydrogens (tertiary/aromatic N) is 1. The highest BCUT2D eigenvalue weighted by molar-refractivity contribution is 5.86. The molecule has 1 aromatic heterocycles. The number of carbonyl (C=O) groups excluding carboxylic acids is 1. The van der Waals surface area contributed by atoms with Crippen LogP contribution < -0.4 is 10.6 Å². The molecule has 3 rings (SSSR count). The molecule has 1 aliphatic carbocycles. The van der Waals surface area contributed by atoms with Crippen molar-refractivity contribution >= 4 is 5.91 Å². The van der Waals surface area contributed by atoms with Gasteiger partial charge in [-0.3, -0.25) is 9.78 Å². The van der Waals surface area contributed by atoms with Crippen molar-refractivity contribution in [2.75, 3.05) is 13.1 Å². The summed E-state index contributed by atoms with van der Waals surface area (Å²) in [5, 5.41) is 6.35. The van der Waals surface area contributed by atoms with Gasteiger partial charge in [-0.2, -0.15) is 13.2 Å². The number of rotatable bonds is 5. The van der Waals surface area contributed by atoms with Crippen LogP contribution in [0.4, 0.5) is 13.2 Å². The van der Waals surface area contributed by atoms with E-state index in [1.54, 1.807) is 0 Å². The molecule has 2 heterocycles. The number of fused-ring (bicyclic) bond motifs is 1. The molecule has 2 aliphatic rings. The molecule has 1 aliphatic heterocycles. The summed E-state index contributed by atoms with van der Waals surface area (Å²) >= 11 is 0. The maximum atomic E-state index is 13.1. The van der Waals surface area contributed by atoms with Gasteiger partial charge in [0, 0.05) is 11.7 Å². The Hall–Kier alpha value is -1.63. The van der Waals surface area contributed by atoms with Gasteiger partial charge in [0.05, 0.1) is 16.7 Å². The number of piperidine rings is 1. The Morgan fingerprint density at radius 2 is 2.20 bits per heavy atom. The molecule has 1 amide bonds.